The van der Waals surface area contributed by atoms with Crippen LogP contribution in [-0.4, -0.2) is 8.07 Å². The fraction of sp³-hybridized carbons (Fsp3) is 0.500. The van der Waals surface area contributed by atoms with Gasteiger partial charge in [0.15, 0.2) is 0 Å². The van der Waals surface area contributed by atoms with E-state index in [1.807, 2.05) is 0 Å². The summed E-state index contributed by atoms with van der Waals surface area (Å²) < 4.78 is 0. The maximum atomic E-state index is 4.59. The van der Waals surface area contributed by atoms with E-state index in [0.29, 0.717) is 0 Å². The topological polar surface area (TPSA) is 0 Å². The molecule has 78 valence electrons. The van der Waals surface area contributed by atoms with E-state index < -0.39 is 8.07 Å². The second kappa shape index (κ2) is 5.03. The van der Waals surface area contributed by atoms with Gasteiger partial charge in [-0.1, -0.05) is 57.1 Å². The minimum absolute atomic E-state index is 1.20. The van der Waals surface area contributed by atoms with Gasteiger partial charge in [-0.25, -0.2) is 0 Å². The highest BCUT2D eigenvalue weighted by atomic mass is 32.1. The summed E-state index contributed by atoms with van der Waals surface area (Å²) in [5.41, 5.74) is 0. The van der Waals surface area contributed by atoms with Crippen LogP contribution in [0.4, 0.5) is 0 Å². The Morgan fingerprint density at radius 1 is 1.00 bits per heavy atom. The van der Waals surface area contributed by atoms with Crippen LogP contribution in [0.15, 0.2) is 29.2 Å². The first kappa shape index (κ1) is 11.9. The van der Waals surface area contributed by atoms with E-state index in [1.165, 1.54) is 23.0 Å². The molecule has 0 heterocycles. The van der Waals surface area contributed by atoms with Crippen molar-refractivity contribution in [3.63, 3.8) is 0 Å². The molecule has 0 amide bonds. The molecule has 0 aliphatic heterocycles. The fourth-order valence-corrected chi connectivity index (χ4v) is 6.83. The fourth-order valence-electron chi connectivity index (χ4n) is 2.24. The number of benzene rings is 1. The SMILES string of the molecule is CC[Si](CC)(CC)c1ccccc1S. The minimum atomic E-state index is -1.21. The summed E-state index contributed by atoms with van der Waals surface area (Å²) in [6, 6.07) is 12.6. The lowest BCUT2D eigenvalue weighted by atomic mass is 10.4. The Hall–Kier alpha value is -0.213. The lowest BCUT2D eigenvalue weighted by Gasteiger charge is -2.29. The van der Waals surface area contributed by atoms with Gasteiger partial charge in [-0.15, -0.1) is 12.6 Å². The average molecular weight is 224 g/mol. The molecule has 0 unspecified atom stereocenters. The molecule has 0 nitrogen and oxygen atoms in total. The van der Waals surface area contributed by atoms with E-state index in [2.05, 4.69) is 57.7 Å². The molecular formula is C12H20SSi. The van der Waals surface area contributed by atoms with Crippen molar-refractivity contribution in [2.75, 3.05) is 0 Å². The van der Waals surface area contributed by atoms with Crippen molar-refractivity contribution >= 4 is 25.9 Å². The summed E-state index contributed by atoms with van der Waals surface area (Å²) in [6.45, 7) is 7.00. The highest BCUT2D eigenvalue weighted by Gasteiger charge is 2.30. The van der Waals surface area contributed by atoms with Crippen LogP contribution in [0.25, 0.3) is 0 Å². The molecule has 14 heavy (non-hydrogen) atoms. The molecule has 0 aliphatic rings. The van der Waals surface area contributed by atoms with E-state index in [4.69, 9.17) is 0 Å². The Kier molecular flexibility index (Phi) is 4.26. The van der Waals surface area contributed by atoms with Crippen LogP contribution in [0.1, 0.15) is 20.8 Å². The number of thiol groups is 1. The maximum Gasteiger partial charge on any atom is 0.0873 e. The monoisotopic (exact) mass is 224 g/mol. The highest BCUT2D eigenvalue weighted by Crippen LogP contribution is 2.22. The average Bonchev–Trinajstić information content (AvgIpc) is 2.24. The van der Waals surface area contributed by atoms with E-state index in [0.717, 1.165) is 0 Å². The summed E-state index contributed by atoms with van der Waals surface area (Å²) in [6.07, 6.45) is 0. The predicted molar refractivity (Wildman–Crippen MR) is 70.5 cm³/mol. The van der Waals surface area contributed by atoms with Gasteiger partial charge in [0.2, 0.25) is 0 Å². The van der Waals surface area contributed by atoms with Gasteiger partial charge in [0, 0.05) is 4.90 Å². The van der Waals surface area contributed by atoms with Crippen molar-refractivity contribution in [3.8, 4) is 0 Å². The Morgan fingerprint density at radius 2 is 1.50 bits per heavy atom. The van der Waals surface area contributed by atoms with Crippen molar-refractivity contribution in [2.45, 2.75) is 43.8 Å². The molecule has 2 heteroatoms. The molecular weight excluding hydrogens is 204 g/mol. The Balaban J connectivity index is 3.17. The summed E-state index contributed by atoms with van der Waals surface area (Å²) in [4.78, 5) is 1.20. The largest absolute Gasteiger partial charge is 0.144 e. The van der Waals surface area contributed by atoms with Gasteiger partial charge >= 0.3 is 0 Å². The lowest BCUT2D eigenvalue weighted by Crippen LogP contribution is -2.46. The van der Waals surface area contributed by atoms with E-state index >= 15 is 0 Å². The first-order chi connectivity index (χ1) is 6.70. The van der Waals surface area contributed by atoms with Crippen LogP contribution in [0.2, 0.25) is 18.1 Å². The first-order valence-corrected chi connectivity index (χ1v) is 8.55. The summed E-state index contributed by atoms with van der Waals surface area (Å²) in [5, 5.41) is 1.55. The zero-order valence-corrected chi connectivity index (χ0v) is 11.3. The summed E-state index contributed by atoms with van der Waals surface area (Å²) in [7, 11) is -1.21. The van der Waals surface area contributed by atoms with E-state index in [1.54, 1.807) is 5.19 Å². The summed E-state index contributed by atoms with van der Waals surface area (Å²) >= 11 is 4.59. The zero-order valence-electron chi connectivity index (χ0n) is 9.38. The van der Waals surface area contributed by atoms with Crippen LogP contribution in [0, 0.1) is 0 Å². The van der Waals surface area contributed by atoms with Gasteiger partial charge < -0.3 is 0 Å². The molecule has 0 saturated heterocycles. The number of rotatable bonds is 4. The molecule has 0 aliphatic carbocycles. The van der Waals surface area contributed by atoms with Gasteiger partial charge in [0.25, 0.3) is 0 Å². The van der Waals surface area contributed by atoms with E-state index in [9.17, 15) is 0 Å². The quantitative estimate of drug-likeness (QED) is 0.585. The third-order valence-corrected chi connectivity index (χ3v) is 9.75. The van der Waals surface area contributed by atoms with Crippen molar-refractivity contribution in [1.82, 2.24) is 0 Å². The van der Waals surface area contributed by atoms with Gasteiger partial charge in [0.1, 0.15) is 0 Å². The van der Waals surface area contributed by atoms with Crippen molar-refractivity contribution in [2.24, 2.45) is 0 Å². The van der Waals surface area contributed by atoms with Crippen LogP contribution in [-0.2, 0) is 0 Å². The Morgan fingerprint density at radius 3 is 1.93 bits per heavy atom. The molecule has 0 radical (unpaired) electrons. The number of hydrogen-bond acceptors (Lipinski definition) is 1. The third kappa shape index (κ3) is 2.06. The number of hydrogen-bond donors (Lipinski definition) is 1. The predicted octanol–water partition coefficient (Wildman–Crippen LogP) is 3.69. The lowest BCUT2D eigenvalue weighted by molar-refractivity contribution is 1.18. The molecule has 0 aromatic heterocycles. The molecule has 1 rings (SSSR count). The Labute approximate surface area is 94.2 Å². The molecule has 0 N–H and O–H groups in total. The molecule has 0 fully saturated rings. The van der Waals surface area contributed by atoms with Crippen LogP contribution in [0.5, 0.6) is 0 Å². The van der Waals surface area contributed by atoms with Gasteiger partial charge in [-0.2, -0.15) is 0 Å². The zero-order chi connectivity index (χ0) is 10.6. The van der Waals surface area contributed by atoms with Crippen LogP contribution < -0.4 is 5.19 Å². The van der Waals surface area contributed by atoms with Crippen LogP contribution >= 0.6 is 12.6 Å². The van der Waals surface area contributed by atoms with Crippen LogP contribution in [0.3, 0.4) is 0 Å². The van der Waals surface area contributed by atoms with Crippen molar-refractivity contribution < 1.29 is 0 Å². The van der Waals surface area contributed by atoms with Crippen molar-refractivity contribution in [3.05, 3.63) is 24.3 Å². The maximum absolute atomic E-state index is 4.59. The molecule has 0 spiro atoms. The minimum Gasteiger partial charge on any atom is -0.144 e. The Bertz CT molecular complexity index is 284. The second-order valence-corrected chi connectivity index (χ2v) is 9.56. The van der Waals surface area contributed by atoms with Crippen molar-refractivity contribution in [1.29, 1.82) is 0 Å². The third-order valence-electron chi connectivity index (χ3n) is 3.51. The van der Waals surface area contributed by atoms with E-state index in [-0.39, 0.29) is 0 Å². The molecule has 1 aromatic carbocycles. The van der Waals surface area contributed by atoms with Gasteiger partial charge in [0.05, 0.1) is 8.07 Å². The highest BCUT2D eigenvalue weighted by molar-refractivity contribution is 7.80. The molecule has 1 aromatic rings. The molecule has 0 atom stereocenters. The molecule has 0 saturated carbocycles. The smallest absolute Gasteiger partial charge is 0.0873 e. The summed E-state index contributed by atoms with van der Waals surface area (Å²) in [5.74, 6) is 0. The van der Waals surface area contributed by atoms with Gasteiger partial charge in [-0.05, 0) is 11.3 Å². The first-order valence-electron chi connectivity index (χ1n) is 5.48. The normalized spacial score (nSPS) is 11.7. The van der Waals surface area contributed by atoms with Gasteiger partial charge in [-0.3, -0.25) is 0 Å². The standard InChI is InChI=1S/C12H20SSi/c1-4-14(5-2,6-3)12-10-8-7-9-11(12)13/h7-10,13H,4-6H2,1-3H3. The second-order valence-electron chi connectivity index (χ2n) is 3.86. The molecule has 0 bridgehead atoms.